The number of Topliss-reactive ketones (excluding diaryl/α,β-unsaturated/α-hetero) is 1. The zero-order chi connectivity index (χ0) is 23.3. The van der Waals surface area contributed by atoms with E-state index < -0.39 is 5.91 Å². The predicted octanol–water partition coefficient (Wildman–Crippen LogP) is 4.69. The normalized spacial score (nSPS) is 13.6. The van der Waals surface area contributed by atoms with Crippen LogP contribution in [0.5, 0.6) is 5.75 Å². The molecule has 1 heterocycles. The topological polar surface area (TPSA) is 107 Å². The molecule has 32 heavy (non-hydrogen) atoms. The Hall–Kier alpha value is -2.67. The van der Waals surface area contributed by atoms with Crippen molar-refractivity contribution in [3.63, 3.8) is 0 Å². The minimum atomic E-state index is -0.543. The van der Waals surface area contributed by atoms with E-state index in [1.807, 2.05) is 41.5 Å². The molecule has 7 heteroatoms. The van der Waals surface area contributed by atoms with E-state index in [1.165, 1.54) is 0 Å². The lowest BCUT2D eigenvalue weighted by atomic mass is 9.78. The fourth-order valence-corrected chi connectivity index (χ4v) is 3.88. The smallest absolute Gasteiger partial charge is 0.248 e. The number of carbonyl (C=O) groups excluding carboxylic acids is 2. The minimum Gasteiger partial charge on any atom is -0.507 e. The van der Waals surface area contributed by atoms with Crippen molar-refractivity contribution in [1.29, 1.82) is 5.41 Å². The lowest BCUT2D eigenvalue weighted by molar-refractivity contribution is 0.0960. The summed E-state index contributed by atoms with van der Waals surface area (Å²) in [6.07, 6.45) is 0. The highest BCUT2D eigenvalue weighted by Crippen LogP contribution is 2.40. The minimum absolute atomic E-state index is 0. The van der Waals surface area contributed by atoms with Crippen molar-refractivity contribution >= 4 is 34.5 Å². The van der Waals surface area contributed by atoms with Crippen molar-refractivity contribution in [2.75, 3.05) is 6.54 Å². The standard InChI is InChI=1S/C25H31N3O3.BrH/c1-24(2,3)18-10-16(11-19(21(18)30)25(4,5)6)20(29)13-28-12-15-8-7-14(23(27)31)9-17(15)22(28)26;/h7-11,26,30H,12-13H2,1-6H3,(H2,27,31);1H. The summed E-state index contributed by atoms with van der Waals surface area (Å²) in [5.74, 6) is -0.225. The highest BCUT2D eigenvalue weighted by Gasteiger charge is 2.30. The number of carbonyl (C=O) groups is 2. The average Bonchev–Trinajstić information content (AvgIpc) is 2.95. The number of nitrogens with one attached hydrogen (secondary N) is 1. The summed E-state index contributed by atoms with van der Waals surface area (Å²) in [5, 5.41) is 19.4. The Labute approximate surface area is 200 Å². The fraction of sp³-hybridized carbons (Fsp3) is 0.400. The largest absolute Gasteiger partial charge is 0.507 e. The Morgan fingerprint density at radius 1 is 1.00 bits per heavy atom. The summed E-state index contributed by atoms with van der Waals surface area (Å²) >= 11 is 0. The van der Waals surface area contributed by atoms with Crippen molar-refractivity contribution in [2.45, 2.75) is 58.9 Å². The number of phenols is 1. The van der Waals surface area contributed by atoms with Gasteiger partial charge in [-0.15, -0.1) is 17.0 Å². The zero-order valence-electron chi connectivity index (χ0n) is 19.5. The summed E-state index contributed by atoms with van der Waals surface area (Å²) in [6, 6.07) is 8.58. The molecule has 0 aliphatic carbocycles. The lowest BCUT2D eigenvalue weighted by Crippen LogP contribution is -2.30. The molecule has 0 spiro atoms. The Bertz CT molecular complexity index is 1060. The first kappa shape index (κ1) is 25.6. The maximum absolute atomic E-state index is 13.2. The van der Waals surface area contributed by atoms with Gasteiger partial charge in [-0.05, 0) is 40.7 Å². The zero-order valence-corrected chi connectivity index (χ0v) is 21.2. The van der Waals surface area contributed by atoms with Gasteiger partial charge >= 0.3 is 0 Å². The van der Waals surface area contributed by atoms with Crippen LogP contribution in [-0.4, -0.2) is 34.1 Å². The highest BCUT2D eigenvalue weighted by molar-refractivity contribution is 8.93. The Kier molecular flexibility index (Phi) is 6.95. The van der Waals surface area contributed by atoms with E-state index in [0.717, 1.165) is 16.7 Å². The number of phenolic OH excluding ortho intramolecular Hbond substituents is 1. The fourth-order valence-electron chi connectivity index (χ4n) is 3.88. The second-order valence-electron chi connectivity index (χ2n) is 10.3. The quantitative estimate of drug-likeness (QED) is 0.528. The number of ketones is 1. The number of hydrogen-bond acceptors (Lipinski definition) is 4. The molecule has 3 rings (SSSR count). The van der Waals surface area contributed by atoms with Crippen LogP contribution in [0, 0.1) is 5.41 Å². The van der Waals surface area contributed by atoms with Gasteiger partial charge in [0.05, 0.1) is 6.54 Å². The van der Waals surface area contributed by atoms with E-state index in [0.29, 0.717) is 23.2 Å². The molecule has 0 unspecified atom stereocenters. The Balaban J connectivity index is 0.00000363. The number of amidine groups is 1. The molecule has 1 aliphatic rings. The van der Waals surface area contributed by atoms with Gasteiger partial charge in [-0.3, -0.25) is 15.0 Å². The molecular weight excluding hydrogens is 470 g/mol. The maximum Gasteiger partial charge on any atom is 0.248 e. The van der Waals surface area contributed by atoms with Crippen LogP contribution in [0.2, 0.25) is 0 Å². The van der Waals surface area contributed by atoms with Crippen molar-refractivity contribution in [3.8, 4) is 5.75 Å². The number of primary amides is 1. The number of amides is 1. The van der Waals surface area contributed by atoms with Crippen LogP contribution in [0.1, 0.15) is 84.5 Å². The molecule has 0 bridgehead atoms. The maximum atomic E-state index is 13.2. The molecule has 4 N–H and O–H groups in total. The van der Waals surface area contributed by atoms with E-state index in [4.69, 9.17) is 11.1 Å². The first-order valence-corrected chi connectivity index (χ1v) is 10.4. The molecule has 0 aromatic heterocycles. The molecular formula is C25H32BrN3O3. The average molecular weight is 502 g/mol. The van der Waals surface area contributed by atoms with Crippen molar-refractivity contribution < 1.29 is 14.7 Å². The Morgan fingerprint density at radius 3 is 2.00 bits per heavy atom. The molecule has 2 aromatic rings. The van der Waals surface area contributed by atoms with E-state index in [2.05, 4.69) is 0 Å². The molecule has 0 saturated carbocycles. The van der Waals surface area contributed by atoms with Crippen LogP contribution >= 0.6 is 17.0 Å². The summed E-state index contributed by atoms with van der Waals surface area (Å²) in [6.45, 7) is 12.5. The van der Waals surface area contributed by atoms with Crippen LogP contribution in [-0.2, 0) is 17.4 Å². The molecule has 1 aliphatic heterocycles. The molecule has 0 atom stereocenters. The number of aromatic hydroxyl groups is 1. The second kappa shape index (κ2) is 8.70. The van der Waals surface area contributed by atoms with Gasteiger partial charge in [0.2, 0.25) is 5.91 Å². The third kappa shape index (κ3) is 4.88. The second-order valence-corrected chi connectivity index (χ2v) is 10.3. The van der Waals surface area contributed by atoms with Gasteiger partial charge in [-0.1, -0.05) is 47.6 Å². The molecule has 0 radical (unpaired) electrons. The van der Waals surface area contributed by atoms with Gasteiger partial charge in [0.1, 0.15) is 11.6 Å². The first-order chi connectivity index (χ1) is 14.2. The molecule has 6 nitrogen and oxygen atoms in total. The highest BCUT2D eigenvalue weighted by atomic mass is 79.9. The van der Waals surface area contributed by atoms with Gasteiger partial charge in [0.25, 0.3) is 0 Å². The van der Waals surface area contributed by atoms with Crippen molar-refractivity contribution in [2.24, 2.45) is 5.73 Å². The van der Waals surface area contributed by atoms with E-state index >= 15 is 0 Å². The molecule has 2 aromatic carbocycles. The van der Waals surface area contributed by atoms with Gasteiger partial charge < -0.3 is 15.7 Å². The van der Waals surface area contributed by atoms with Crippen LogP contribution < -0.4 is 5.73 Å². The molecule has 0 fully saturated rings. The number of halogens is 1. The SMILES string of the molecule is Br.CC(C)(C)c1cc(C(=O)CN2Cc3ccc(C(N)=O)cc3C2=N)cc(C(C)(C)C)c1O. The summed E-state index contributed by atoms with van der Waals surface area (Å²) in [5.41, 5.74) is 8.54. The van der Waals surface area contributed by atoms with E-state index in [-0.39, 0.29) is 51.7 Å². The number of benzene rings is 2. The lowest BCUT2D eigenvalue weighted by Gasteiger charge is -2.28. The Morgan fingerprint density at radius 2 is 1.53 bits per heavy atom. The monoisotopic (exact) mass is 501 g/mol. The van der Waals surface area contributed by atoms with Crippen LogP contribution in [0.4, 0.5) is 0 Å². The van der Waals surface area contributed by atoms with E-state index in [1.54, 1.807) is 35.2 Å². The summed E-state index contributed by atoms with van der Waals surface area (Å²) in [7, 11) is 0. The molecule has 172 valence electrons. The molecule has 1 amide bonds. The van der Waals surface area contributed by atoms with Gasteiger partial charge in [-0.2, -0.15) is 0 Å². The third-order valence-electron chi connectivity index (χ3n) is 5.71. The van der Waals surface area contributed by atoms with Crippen molar-refractivity contribution in [1.82, 2.24) is 4.90 Å². The van der Waals surface area contributed by atoms with Crippen molar-refractivity contribution in [3.05, 3.63) is 63.7 Å². The number of rotatable bonds is 4. The number of hydrogen-bond donors (Lipinski definition) is 3. The summed E-state index contributed by atoms with van der Waals surface area (Å²) in [4.78, 5) is 26.4. The number of fused-ring (bicyclic) bond motifs is 1. The third-order valence-corrected chi connectivity index (χ3v) is 5.71. The summed E-state index contributed by atoms with van der Waals surface area (Å²) < 4.78 is 0. The molecule has 0 saturated heterocycles. The van der Waals surface area contributed by atoms with Crippen LogP contribution in [0.3, 0.4) is 0 Å². The van der Waals surface area contributed by atoms with Crippen LogP contribution in [0.15, 0.2) is 30.3 Å². The van der Waals surface area contributed by atoms with Gasteiger partial charge in [0.15, 0.2) is 5.78 Å². The van der Waals surface area contributed by atoms with E-state index in [9.17, 15) is 14.7 Å². The first-order valence-electron chi connectivity index (χ1n) is 10.4. The number of nitrogens with two attached hydrogens (primary N) is 1. The van der Waals surface area contributed by atoms with Gasteiger partial charge in [-0.25, -0.2) is 0 Å². The predicted molar refractivity (Wildman–Crippen MR) is 132 cm³/mol. The van der Waals surface area contributed by atoms with Gasteiger partial charge in [0, 0.05) is 34.4 Å². The van der Waals surface area contributed by atoms with Crippen LogP contribution in [0.25, 0.3) is 0 Å². The number of nitrogens with zero attached hydrogens (tertiary/aromatic N) is 1.